The zero-order valence-electron chi connectivity index (χ0n) is 6.51. The van der Waals surface area contributed by atoms with Gasteiger partial charge >= 0.3 is 0 Å². The fourth-order valence-electron chi connectivity index (χ4n) is 0.775. The van der Waals surface area contributed by atoms with Crippen molar-refractivity contribution in [3.8, 4) is 0 Å². The van der Waals surface area contributed by atoms with E-state index in [0.29, 0.717) is 5.82 Å². The number of anilines is 1. The zero-order valence-corrected chi connectivity index (χ0v) is 7.67. The Bertz CT molecular complexity index is 272. The van der Waals surface area contributed by atoms with Crippen molar-refractivity contribution in [2.45, 2.75) is 5.66 Å². The third-order valence-corrected chi connectivity index (χ3v) is 1.73. The van der Waals surface area contributed by atoms with Crippen LogP contribution in [0, 0.1) is 0 Å². The molecule has 0 bridgehead atoms. The van der Waals surface area contributed by atoms with Crippen molar-refractivity contribution in [1.82, 2.24) is 4.98 Å². The molecule has 0 aliphatic heterocycles. The second-order valence-corrected chi connectivity index (χ2v) is 3.03. The summed E-state index contributed by atoms with van der Waals surface area (Å²) < 4.78 is 25.4. The van der Waals surface area contributed by atoms with Crippen molar-refractivity contribution in [1.29, 1.82) is 0 Å². The number of rotatable bonds is 2. The SMILES string of the molecule is CNc1cc(C(F)(F)P)ccn1. The molecule has 0 spiro atoms. The molecule has 0 fully saturated rings. The number of hydrogen-bond acceptors (Lipinski definition) is 2. The van der Waals surface area contributed by atoms with Gasteiger partial charge < -0.3 is 5.32 Å². The maximum atomic E-state index is 12.7. The number of hydrogen-bond donors (Lipinski definition) is 1. The van der Waals surface area contributed by atoms with E-state index in [1.807, 2.05) is 0 Å². The van der Waals surface area contributed by atoms with E-state index in [0.717, 1.165) is 0 Å². The molecule has 1 aromatic heterocycles. The van der Waals surface area contributed by atoms with Gasteiger partial charge in [-0.15, -0.1) is 0 Å². The van der Waals surface area contributed by atoms with Crippen LogP contribution in [0.5, 0.6) is 0 Å². The van der Waals surface area contributed by atoms with Gasteiger partial charge in [-0.25, -0.2) is 4.98 Å². The predicted molar refractivity (Wildman–Crippen MR) is 47.4 cm³/mol. The Kier molecular flexibility index (Phi) is 2.58. The molecule has 2 nitrogen and oxygen atoms in total. The van der Waals surface area contributed by atoms with E-state index in [2.05, 4.69) is 10.3 Å². The molecule has 0 amide bonds. The third-order valence-electron chi connectivity index (χ3n) is 1.40. The van der Waals surface area contributed by atoms with E-state index in [4.69, 9.17) is 0 Å². The lowest BCUT2D eigenvalue weighted by atomic mass is 10.2. The second kappa shape index (κ2) is 3.31. The van der Waals surface area contributed by atoms with Crippen LogP contribution in [0.15, 0.2) is 18.3 Å². The molecule has 66 valence electrons. The summed E-state index contributed by atoms with van der Waals surface area (Å²) in [4.78, 5) is 3.82. The monoisotopic (exact) mass is 190 g/mol. The predicted octanol–water partition coefficient (Wildman–Crippen LogP) is 2.05. The average Bonchev–Trinajstić information content (AvgIpc) is 2.03. The minimum atomic E-state index is -2.88. The van der Waals surface area contributed by atoms with Gasteiger partial charge in [0.1, 0.15) is 5.82 Å². The van der Waals surface area contributed by atoms with E-state index in [1.165, 1.54) is 27.6 Å². The maximum Gasteiger partial charge on any atom is 0.284 e. The standard InChI is InChI=1S/C7H9F2N2P/c1-10-6-4-5(2-3-11-6)7(8,9)12/h2-4H,12H2,1H3,(H,10,11). The lowest BCUT2D eigenvalue weighted by Gasteiger charge is -2.10. The quantitative estimate of drug-likeness (QED) is 0.722. The van der Waals surface area contributed by atoms with Gasteiger partial charge in [0, 0.05) is 18.8 Å². The van der Waals surface area contributed by atoms with Crippen molar-refractivity contribution in [2.75, 3.05) is 12.4 Å². The second-order valence-electron chi connectivity index (χ2n) is 2.30. The molecular weight excluding hydrogens is 181 g/mol. The summed E-state index contributed by atoms with van der Waals surface area (Å²) in [5.74, 6) is 0.439. The third kappa shape index (κ3) is 2.11. The van der Waals surface area contributed by atoms with Gasteiger partial charge in [-0.1, -0.05) is 9.24 Å². The minimum Gasteiger partial charge on any atom is -0.373 e. The summed E-state index contributed by atoms with van der Waals surface area (Å²) in [6, 6.07) is 2.60. The number of pyridine rings is 1. The van der Waals surface area contributed by atoms with E-state index < -0.39 is 5.66 Å². The lowest BCUT2D eigenvalue weighted by molar-refractivity contribution is 0.104. The van der Waals surface area contributed by atoms with Gasteiger partial charge in [0.05, 0.1) is 0 Å². The molecule has 0 radical (unpaired) electrons. The Labute approximate surface area is 71.6 Å². The summed E-state index contributed by atoms with van der Waals surface area (Å²) in [5, 5.41) is 2.69. The van der Waals surface area contributed by atoms with Crippen LogP contribution in [0.25, 0.3) is 0 Å². The smallest absolute Gasteiger partial charge is 0.284 e. The van der Waals surface area contributed by atoms with Crippen LogP contribution < -0.4 is 5.32 Å². The molecule has 0 aromatic carbocycles. The van der Waals surface area contributed by atoms with E-state index in [9.17, 15) is 8.78 Å². The van der Waals surface area contributed by atoms with Crippen LogP contribution >= 0.6 is 9.24 Å². The number of halogens is 2. The fourth-order valence-corrected chi connectivity index (χ4v) is 0.954. The van der Waals surface area contributed by atoms with Gasteiger partial charge in [-0.2, -0.15) is 8.78 Å². The summed E-state index contributed by atoms with van der Waals surface area (Å²) in [7, 11) is 3.12. The maximum absolute atomic E-state index is 12.7. The van der Waals surface area contributed by atoms with Gasteiger partial charge in [0.2, 0.25) is 0 Å². The normalized spacial score (nSPS) is 11.3. The average molecular weight is 190 g/mol. The topological polar surface area (TPSA) is 24.9 Å². The fraction of sp³-hybridized carbons (Fsp3) is 0.286. The Hall–Kier alpha value is -0.760. The van der Waals surface area contributed by atoms with Crippen molar-refractivity contribution in [3.63, 3.8) is 0 Å². The van der Waals surface area contributed by atoms with E-state index >= 15 is 0 Å². The molecule has 0 saturated heterocycles. The van der Waals surface area contributed by atoms with E-state index in [1.54, 1.807) is 7.05 Å². The Balaban J connectivity index is 3.02. The molecule has 1 unspecified atom stereocenters. The molecule has 1 heterocycles. The number of aromatic nitrogens is 1. The van der Waals surface area contributed by atoms with E-state index in [-0.39, 0.29) is 5.56 Å². The van der Waals surface area contributed by atoms with Crippen LogP contribution in [-0.4, -0.2) is 12.0 Å². The summed E-state index contributed by atoms with van der Waals surface area (Å²) in [6.45, 7) is 0. The summed E-state index contributed by atoms with van der Waals surface area (Å²) in [6.07, 6.45) is 1.35. The highest BCUT2D eigenvalue weighted by molar-refractivity contribution is 7.17. The van der Waals surface area contributed by atoms with Gasteiger partial charge in [-0.05, 0) is 12.1 Å². The van der Waals surface area contributed by atoms with Crippen LogP contribution in [-0.2, 0) is 5.66 Å². The van der Waals surface area contributed by atoms with Crippen molar-refractivity contribution < 1.29 is 8.78 Å². The van der Waals surface area contributed by atoms with Gasteiger partial charge in [-0.3, -0.25) is 0 Å². The first-order valence-corrected chi connectivity index (χ1v) is 3.93. The Morgan fingerprint density at radius 3 is 2.75 bits per heavy atom. The van der Waals surface area contributed by atoms with Gasteiger partial charge in [0.15, 0.2) is 0 Å². The molecule has 0 aliphatic rings. The first kappa shape index (κ1) is 9.33. The van der Waals surface area contributed by atoms with Crippen molar-refractivity contribution in [2.24, 2.45) is 0 Å². The van der Waals surface area contributed by atoms with Crippen LogP contribution in [0.3, 0.4) is 0 Å². The van der Waals surface area contributed by atoms with Crippen LogP contribution in [0.1, 0.15) is 5.56 Å². The van der Waals surface area contributed by atoms with Crippen LogP contribution in [0.4, 0.5) is 14.6 Å². The highest BCUT2D eigenvalue weighted by Crippen LogP contribution is 2.34. The molecule has 1 aromatic rings. The number of nitrogens with zero attached hydrogens (tertiary/aromatic N) is 1. The summed E-state index contributed by atoms with van der Waals surface area (Å²) in [5.41, 5.74) is -2.94. The number of nitrogens with one attached hydrogen (secondary N) is 1. The van der Waals surface area contributed by atoms with Gasteiger partial charge in [0.25, 0.3) is 5.66 Å². The zero-order chi connectivity index (χ0) is 9.19. The molecule has 0 aliphatic carbocycles. The molecule has 12 heavy (non-hydrogen) atoms. The molecular formula is C7H9F2N2P. The van der Waals surface area contributed by atoms with Crippen molar-refractivity contribution in [3.05, 3.63) is 23.9 Å². The minimum absolute atomic E-state index is 0.0631. The van der Waals surface area contributed by atoms with Crippen molar-refractivity contribution >= 4 is 15.1 Å². The first-order chi connectivity index (χ1) is 5.54. The molecule has 1 N–H and O–H groups in total. The van der Waals surface area contributed by atoms with Crippen LogP contribution in [0.2, 0.25) is 0 Å². The molecule has 1 rings (SSSR count). The lowest BCUT2D eigenvalue weighted by Crippen LogP contribution is -2.03. The molecule has 1 atom stereocenters. The highest BCUT2D eigenvalue weighted by Gasteiger charge is 2.24. The largest absolute Gasteiger partial charge is 0.373 e. The number of alkyl halides is 2. The molecule has 0 saturated carbocycles. The highest BCUT2D eigenvalue weighted by atomic mass is 31.0. The first-order valence-electron chi connectivity index (χ1n) is 3.35. The Morgan fingerprint density at radius 1 is 1.58 bits per heavy atom. The molecule has 5 heteroatoms. The Morgan fingerprint density at radius 2 is 2.25 bits per heavy atom. The summed E-state index contributed by atoms with van der Waals surface area (Å²) >= 11 is 0.